The van der Waals surface area contributed by atoms with Gasteiger partial charge < -0.3 is 9.84 Å². The Hall–Kier alpha value is -2.93. The lowest BCUT2D eigenvalue weighted by Crippen LogP contribution is -2.07. The minimum Gasteiger partial charge on any atom is -0.504 e. The largest absolute Gasteiger partial charge is 0.504 e. The molecule has 0 spiro atoms. The molecule has 0 saturated heterocycles. The highest BCUT2D eigenvalue weighted by Crippen LogP contribution is 2.42. The van der Waals surface area contributed by atoms with E-state index in [1.807, 2.05) is 24.3 Å². The Morgan fingerprint density at radius 1 is 0.690 bits per heavy atom. The Morgan fingerprint density at radius 3 is 1.76 bits per heavy atom. The monoisotopic (exact) mass is 594 g/mol. The quantitative estimate of drug-likeness (QED) is 0.0981. The zero-order valence-electron chi connectivity index (χ0n) is 25.7. The van der Waals surface area contributed by atoms with Gasteiger partial charge in [-0.05, 0) is 42.1 Å². The fourth-order valence-corrected chi connectivity index (χ4v) is 6.84. The van der Waals surface area contributed by atoms with Crippen molar-refractivity contribution >= 4 is 32.0 Å². The van der Waals surface area contributed by atoms with Gasteiger partial charge in [-0.25, -0.2) is 8.42 Å². The second kappa shape index (κ2) is 18.6. The molecule has 1 N–H and O–H groups in total. The maximum atomic E-state index is 13.3. The van der Waals surface area contributed by atoms with Crippen LogP contribution in [-0.2, 0) is 9.84 Å². The molecule has 42 heavy (non-hydrogen) atoms. The molecule has 0 atom stereocenters. The first-order valence-corrected chi connectivity index (χ1v) is 17.6. The summed E-state index contributed by atoms with van der Waals surface area (Å²) in [5.41, 5.74) is 0.732. The number of methoxy groups -OCH3 is 1. The van der Waals surface area contributed by atoms with Crippen molar-refractivity contribution in [3.05, 3.63) is 54.6 Å². The molecule has 0 heterocycles. The number of phenolic OH excluding ortho intramolecular Hbond substituents is 1. The molecule has 0 bridgehead atoms. The Bertz CT molecular complexity index is 1340. The van der Waals surface area contributed by atoms with Gasteiger partial charge in [0.2, 0.25) is 0 Å². The molecule has 3 aromatic carbocycles. The van der Waals surface area contributed by atoms with Crippen LogP contribution in [0.5, 0.6) is 11.5 Å². The minimum atomic E-state index is -3.68. The van der Waals surface area contributed by atoms with E-state index in [0.29, 0.717) is 28.6 Å². The SMILES string of the molecule is CCCCCCCCCCCCCCCCCCS(=O)(=O)c1cc2ccccc2c(N=Nc2ccc(OC)cc2)c1O. The van der Waals surface area contributed by atoms with Gasteiger partial charge in [0.1, 0.15) is 16.3 Å². The van der Waals surface area contributed by atoms with Crippen molar-refractivity contribution in [3.8, 4) is 11.5 Å². The third-order valence-corrected chi connectivity index (χ3v) is 9.71. The Balaban J connectivity index is 1.44. The third-order valence-electron chi connectivity index (χ3n) is 7.90. The van der Waals surface area contributed by atoms with Crippen LogP contribution in [0.2, 0.25) is 0 Å². The molecule has 0 amide bonds. The molecule has 0 saturated carbocycles. The highest BCUT2D eigenvalue weighted by Gasteiger charge is 2.23. The number of ether oxygens (including phenoxy) is 1. The fraction of sp³-hybridized carbons (Fsp3) is 0.543. The van der Waals surface area contributed by atoms with Crippen LogP contribution in [0.1, 0.15) is 110 Å². The van der Waals surface area contributed by atoms with Gasteiger partial charge in [-0.15, -0.1) is 5.11 Å². The van der Waals surface area contributed by atoms with Crippen molar-refractivity contribution in [2.75, 3.05) is 12.9 Å². The van der Waals surface area contributed by atoms with Gasteiger partial charge in [0.25, 0.3) is 0 Å². The molecule has 3 rings (SSSR count). The summed E-state index contributed by atoms with van der Waals surface area (Å²) in [6, 6.07) is 15.9. The van der Waals surface area contributed by atoms with Gasteiger partial charge in [-0.2, -0.15) is 5.11 Å². The number of azo groups is 1. The smallest absolute Gasteiger partial charge is 0.182 e. The lowest BCUT2D eigenvalue weighted by atomic mass is 10.0. The fourth-order valence-electron chi connectivity index (χ4n) is 5.34. The van der Waals surface area contributed by atoms with Crippen LogP contribution in [-0.4, -0.2) is 26.4 Å². The zero-order chi connectivity index (χ0) is 30.0. The third kappa shape index (κ3) is 11.0. The summed E-state index contributed by atoms with van der Waals surface area (Å²) in [7, 11) is -2.09. The van der Waals surface area contributed by atoms with E-state index in [-0.39, 0.29) is 22.1 Å². The van der Waals surface area contributed by atoms with E-state index in [4.69, 9.17) is 4.74 Å². The molecule has 0 aliphatic heterocycles. The van der Waals surface area contributed by atoms with Crippen LogP contribution in [0.15, 0.2) is 69.7 Å². The molecule has 0 aromatic heterocycles. The molecule has 0 fully saturated rings. The van der Waals surface area contributed by atoms with Crippen molar-refractivity contribution in [1.29, 1.82) is 0 Å². The second-order valence-electron chi connectivity index (χ2n) is 11.3. The standard InChI is InChI=1S/C35H50N2O4S/c1-3-4-5-6-7-8-9-10-11-12-13-14-15-16-17-20-27-42(39,40)33-28-29-21-18-19-22-32(29)34(35(33)38)37-36-30-23-25-31(41-2)26-24-30/h18-19,21-26,28,38H,3-17,20,27H2,1-2H3. The number of hydrogen-bond acceptors (Lipinski definition) is 6. The molecule has 3 aromatic rings. The molecular formula is C35H50N2O4S. The van der Waals surface area contributed by atoms with E-state index in [2.05, 4.69) is 17.2 Å². The molecule has 0 unspecified atom stereocenters. The lowest BCUT2D eigenvalue weighted by Gasteiger charge is -2.11. The van der Waals surface area contributed by atoms with Crippen LogP contribution in [0, 0.1) is 0 Å². The summed E-state index contributed by atoms with van der Waals surface area (Å²) in [5.74, 6) is 0.360. The molecule has 230 valence electrons. The number of sulfone groups is 1. The summed E-state index contributed by atoms with van der Waals surface area (Å²) >= 11 is 0. The highest BCUT2D eigenvalue weighted by atomic mass is 32.2. The molecule has 6 nitrogen and oxygen atoms in total. The van der Waals surface area contributed by atoms with Gasteiger partial charge >= 0.3 is 0 Å². The van der Waals surface area contributed by atoms with E-state index in [1.165, 1.54) is 77.0 Å². The number of rotatable bonds is 21. The predicted molar refractivity (Wildman–Crippen MR) is 174 cm³/mol. The zero-order valence-corrected chi connectivity index (χ0v) is 26.5. The first kappa shape index (κ1) is 33.6. The Labute approximate surface area is 253 Å². The first-order chi connectivity index (χ1) is 20.5. The number of phenols is 1. The van der Waals surface area contributed by atoms with Gasteiger partial charge in [-0.1, -0.05) is 128 Å². The lowest BCUT2D eigenvalue weighted by molar-refractivity contribution is 0.415. The van der Waals surface area contributed by atoms with Gasteiger partial charge in [0.15, 0.2) is 15.6 Å². The summed E-state index contributed by atoms with van der Waals surface area (Å²) in [6.45, 7) is 2.26. The number of benzene rings is 3. The summed E-state index contributed by atoms with van der Waals surface area (Å²) in [4.78, 5) is -0.0779. The number of aromatic hydroxyl groups is 1. The number of fused-ring (bicyclic) bond motifs is 1. The maximum absolute atomic E-state index is 13.3. The van der Waals surface area contributed by atoms with Crippen LogP contribution in [0.4, 0.5) is 11.4 Å². The van der Waals surface area contributed by atoms with Crippen molar-refractivity contribution in [1.82, 2.24) is 0 Å². The van der Waals surface area contributed by atoms with Crippen LogP contribution in [0.25, 0.3) is 10.8 Å². The molecular weight excluding hydrogens is 544 g/mol. The summed E-state index contributed by atoms with van der Waals surface area (Å²) < 4.78 is 31.8. The van der Waals surface area contributed by atoms with E-state index in [1.54, 1.807) is 37.4 Å². The normalized spacial score (nSPS) is 12.0. The van der Waals surface area contributed by atoms with Gasteiger partial charge in [0.05, 0.1) is 18.6 Å². The van der Waals surface area contributed by atoms with Crippen molar-refractivity contribution in [2.24, 2.45) is 10.2 Å². The predicted octanol–water partition coefficient (Wildman–Crippen LogP) is 11.0. The average Bonchev–Trinajstić information content (AvgIpc) is 3.00. The van der Waals surface area contributed by atoms with E-state index >= 15 is 0 Å². The summed E-state index contributed by atoms with van der Waals surface area (Å²) in [6.07, 6.45) is 19.8. The molecule has 0 aliphatic carbocycles. The van der Waals surface area contributed by atoms with Crippen molar-refractivity contribution in [3.63, 3.8) is 0 Å². The number of nitrogens with zero attached hydrogens (tertiary/aromatic N) is 2. The van der Waals surface area contributed by atoms with Gasteiger partial charge in [-0.3, -0.25) is 0 Å². The minimum absolute atomic E-state index is 0.00636. The molecule has 0 aliphatic rings. The van der Waals surface area contributed by atoms with Gasteiger partial charge in [0, 0.05) is 5.39 Å². The van der Waals surface area contributed by atoms with E-state index in [0.717, 1.165) is 19.3 Å². The molecule has 7 heteroatoms. The first-order valence-electron chi connectivity index (χ1n) is 16.0. The van der Waals surface area contributed by atoms with E-state index < -0.39 is 9.84 Å². The highest BCUT2D eigenvalue weighted by molar-refractivity contribution is 7.91. The Kier molecular flexibility index (Phi) is 14.8. The van der Waals surface area contributed by atoms with Crippen LogP contribution in [0.3, 0.4) is 0 Å². The second-order valence-corrected chi connectivity index (χ2v) is 13.4. The topological polar surface area (TPSA) is 88.3 Å². The van der Waals surface area contributed by atoms with Crippen molar-refractivity contribution < 1.29 is 18.3 Å². The average molecular weight is 595 g/mol. The Morgan fingerprint density at radius 2 is 1.21 bits per heavy atom. The van der Waals surface area contributed by atoms with Crippen LogP contribution < -0.4 is 4.74 Å². The van der Waals surface area contributed by atoms with Crippen molar-refractivity contribution in [2.45, 2.75) is 115 Å². The maximum Gasteiger partial charge on any atom is 0.182 e. The number of unbranched alkanes of at least 4 members (excludes halogenated alkanes) is 15. The number of hydrogen-bond donors (Lipinski definition) is 1. The summed E-state index contributed by atoms with van der Waals surface area (Å²) in [5, 5.41) is 20.9. The van der Waals surface area contributed by atoms with E-state index in [9.17, 15) is 13.5 Å². The van der Waals surface area contributed by atoms with Crippen LogP contribution >= 0.6 is 0 Å². The molecule has 0 radical (unpaired) electrons.